The molecule has 86 valence electrons. The molecule has 1 unspecified atom stereocenters. The number of amides is 2. The van der Waals surface area contributed by atoms with Crippen molar-refractivity contribution in [3.05, 3.63) is 0 Å². The van der Waals surface area contributed by atoms with Gasteiger partial charge < -0.3 is 15.3 Å². The molecule has 0 bridgehead atoms. The number of carbonyl (C=O) groups is 2. The van der Waals surface area contributed by atoms with Crippen LogP contribution < -0.4 is 5.32 Å². The molecule has 5 heteroatoms. The summed E-state index contributed by atoms with van der Waals surface area (Å²) in [5, 5.41) is 11.8. The molecule has 15 heavy (non-hydrogen) atoms. The molecule has 0 aromatic rings. The van der Waals surface area contributed by atoms with Gasteiger partial charge in [-0.1, -0.05) is 13.3 Å². The summed E-state index contributed by atoms with van der Waals surface area (Å²) in [6, 6.07) is -0.289. The van der Waals surface area contributed by atoms with E-state index in [2.05, 4.69) is 5.32 Å². The fourth-order valence-electron chi connectivity index (χ4n) is 2.31. The van der Waals surface area contributed by atoms with Gasteiger partial charge in [0.2, 0.25) is 0 Å². The first-order valence-corrected chi connectivity index (χ1v) is 5.31. The van der Waals surface area contributed by atoms with Crippen molar-refractivity contribution in [1.82, 2.24) is 10.2 Å². The monoisotopic (exact) mass is 214 g/mol. The highest BCUT2D eigenvalue weighted by atomic mass is 16.4. The number of hydrogen-bond acceptors (Lipinski definition) is 2. The van der Waals surface area contributed by atoms with E-state index in [9.17, 15) is 14.7 Å². The summed E-state index contributed by atoms with van der Waals surface area (Å²) >= 11 is 0. The molecule has 1 heterocycles. The number of likely N-dealkylation sites (tertiary alicyclic amines) is 1. The van der Waals surface area contributed by atoms with Crippen molar-refractivity contribution in [1.29, 1.82) is 0 Å². The van der Waals surface area contributed by atoms with Crippen molar-refractivity contribution >= 4 is 12.0 Å². The summed E-state index contributed by atoms with van der Waals surface area (Å²) in [6.07, 6.45) is 2.61. The SMILES string of the molecule is CCCC1(C(=O)O)CCCN1C(=O)NC. The number of urea groups is 1. The van der Waals surface area contributed by atoms with Gasteiger partial charge in [-0.05, 0) is 19.3 Å². The molecule has 2 amide bonds. The van der Waals surface area contributed by atoms with Crippen LogP contribution >= 0.6 is 0 Å². The topological polar surface area (TPSA) is 69.6 Å². The van der Waals surface area contributed by atoms with Crippen molar-refractivity contribution in [2.45, 2.75) is 38.1 Å². The number of rotatable bonds is 3. The Kier molecular flexibility index (Phi) is 3.55. The first-order valence-electron chi connectivity index (χ1n) is 5.31. The van der Waals surface area contributed by atoms with Crippen LogP contribution in [0.2, 0.25) is 0 Å². The van der Waals surface area contributed by atoms with E-state index < -0.39 is 11.5 Å². The van der Waals surface area contributed by atoms with Gasteiger partial charge in [-0.25, -0.2) is 9.59 Å². The van der Waals surface area contributed by atoms with E-state index in [0.717, 1.165) is 12.8 Å². The molecule has 0 saturated carbocycles. The van der Waals surface area contributed by atoms with Crippen molar-refractivity contribution < 1.29 is 14.7 Å². The second-order valence-corrected chi connectivity index (χ2v) is 3.90. The van der Waals surface area contributed by atoms with Gasteiger partial charge in [0.25, 0.3) is 0 Å². The van der Waals surface area contributed by atoms with E-state index in [1.54, 1.807) is 0 Å². The summed E-state index contributed by atoms with van der Waals surface area (Å²) in [5.41, 5.74) is -0.977. The number of carboxylic acid groups (broad SMARTS) is 1. The molecule has 1 aliphatic heterocycles. The third kappa shape index (κ3) is 1.91. The number of nitrogens with zero attached hydrogens (tertiary/aromatic N) is 1. The minimum atomic E-state index is -0.977. The molecule has 1 atom stereocenters. The Labute approximate surface area is 89.4 Å². The summed E-state index contributed by atoms with van der Waals surface area (Å²) < 4.78 is 0. The molecule has 5 nitrogen and oxygen atoms in total. The maximum atomic E-state index is 11.6. The molecule has 1 rings (SSSR count). The lowest BCUT2D eigenvalue weighted by atomic mass is 9.91. The minimum absolute atomic E-state index is 0.289. The minimum Gasteiger partial charge on any atom is -0.479 e. The molecule has 0 aliphatic carbocycles. The first kappa shape index (κ1) is 11.8. The van der Waals surface area contributed by atoms with E-state index in [4.69, 9.17) is 0 Å². The molecule has 0 aromatic heterocycles. The second kappa shape index (κ2) is 4.51. The van der Waals surface area contributed by atoms with Crippen LogP contribution in [-0.2, 0) is 4.79 Å². The van der Waals surface area contributed by atoms with Gasteiger partial charge >= 0.3 is 12.0 Å². The fourth-order valence-corrected chi connectivity index (χ4v) is 2.31. The average molecular weight is 214 g/mol. The van der Waals surface area contributed by atoms with E-state index in [1.165, 1.54) is 11.9 Å². The number of carbonyl (C=O) groups excluding carboxylic acids is 1. The highest BCUT2D eigenvalue weighted by Crippen LogP contribution is 2.33. The van der Waals surface area contributed by atoms with Crippen molar-refractivity contribution in [3.8, 4) is 0 Å². The zero-order chi connectivity index (χ0) is 11.5. The Hall–Kier alpha value is -1.26. The standard InChI is InChI=1S/C10H18N2O3/c1-3-5-10(8(13)14)6-4-7-12(10)9(15)11-2/h3-7H2,1-2H3,(H,11,15)(H,13,14). The Morgan fingerprint density at radius 3 is 2.67 bits per heavy atom. The summed E-state index contributed by atoms with van der Waals surface area (Å²) in [5.74, 6) is -0.884. The zero-order valence-corrected chi connectivity index (χ0v) is 9.25. The molecule has 2 N–H and O–H groups in total. The lowest BCUT2D eigenvalue weighted by Gasteiger charge is -2.34. The molecule has 1 aliphatic rings. The quantitative estimate of drug-likeness (QED) is 0.737. The smallest absolute Gasteiger partial charge is 0.329 e. The van der Waals surface area contributed by atoms with Gasteiger partial charge in [-0.15, -0.1) is 0 Å². The molecule has 1 fully saturated rings. The van der Waals surface area contributed by atoms with Crippen LogP contribution in [-0.4, -0.2) is 41.1 Å². The lowest BCUT2D eigenvalue weighted by molar-refractivity contribution is -0.148. The van der Waals surface area contributed by atoms with Crippen LogP contribution in [0.4, 0.5) is 4.79 Å². The van der Waals surface area contributed by atoms with Crippen LogP contribution in [0.3, 0.4) is 0 Å². The van der Waals surface area contributed by atoms with Crippen LogP contribution in [0.25, 0.3) is 0 Å². The van der Waals surface area contributed by atoms with E-state index in [-0.39, 0.29) is 6.03 Å². The fraction of sp³-hybridized carbons (Fsp3) is 0.800. The lowest BCUT2D eigenvalue weighted by Crippen LogP contribution is -2.55. The van der Waals surface area contributed by atoms with E-state index in [1.807, 2.05) is 6.92 Å². The molecular weight excluding hydrogens is 196 g/mol. The van der Waals surface area contributed by atoms with Crippen LogP contribution in [0.1, 0.15) is 32.6 Å². The summed E-state index contributed by atoms with van der Waals surface area (Å²) in [6.45, 7) is 2.47. The van der Waals surface area contributed by atoms with Gasteiger partial charge in [0.1, 0.15) is 5.54 Å². The molecule has 0 aromatic carbocycles. The van der Waals surface area contributed by atoms with Crippen molar-refractivity contribution in [2.24, 2.45) is 0 Å². The molecule has 0 radical (unpaired) electrons. The van der Waals surface area contributed by atoms with Crippen molar-refractivity contribution in [3.63, 3.8) is 0 Å². The summed E-state index contributed by atoms with van der Waals surface area (Å²) in [7, 11) is 1.53. The Bertz CT molecular complexity index is 265. The highest BCUT2D eigenvalue weighted by Gasteiger charge is 2.48. The second-order valence-electron chi connectivity index (χ2n) is 3.90. The normalized spacial score (nSPS) is 25.3. The van der Waals surface area contributed by atoms with Gasteiger partial charge in [0.05, 0.1) is 0 Å². The average Bonchev–Trinajstić information content (AvgIpc) is 2.62. The van der Waals surface area contributed by atoms with E-state index >= 15 is 0 Å². The predicted octanol–water partition coefficient (Wildman–Crippen LogP) is 1.05. The Morgan fingerprint density at radius 2 is 2.20 bits per heavy atom. The number of aliphatic carboxylic acids is 1. The van der Waals surface area contributed by atoms with Gasteiger partial charge in [0, 0.05) is 13.6 Å². The predicted molar refractivity (Wildman–Crippen MR) is 55.7 cm³/mol. The van der Waals surface area contributed by atoms with Gasteiger partial charge in [-0.3, -0.25) is 0 Å². The van der Waals surface area contributed by atoms with Gasteiger partial charge in [-0.2, -0.15) is 0 Å². The maximum absolute atomic E-state index is 11.6. The third-order valence-electron chi connectivity index (χ3n) is 3.01. The summed E-state index contributed by atoms with van der Waals surface area (Å²) in [4.78, 5) is 24.3. The zero-order valence-electron chi connectivity index (χ0n) is 9.25. The van der Waals surface area contributed by atoms with Crippen LogP contribution in [0, 0.1) is 0 Å². The maximum Gasteiger partial charge on any atom is 0.329 e. The number of hydrogen-bond donors (Lipinski definition) is 2. The Balaban J connectivity index is 2.94. The number of nitrogens with one attached hydrogen (secondary N) is 1. The van der Waals surface area contributed by atoms with E-state index in [0.29, 0.717) is 19.4 Å². The van der Waals surface area contributed by atoms with Crippen LogP contribution in [0.15, 0.2) is 0 Å². The highest BCUT2D eigenvalue weighted by molar-refractivity contribution is 5.86. The largest absolute Gasteiger partial charge is 0.479 e. The third-order valence-corrected chi connectivity index (χ3v) is 3.01. The Morgan fingerprint density at radius 1 is 1.53 bits per heavy atom. The number of carboxylic acids is 1. The van der Waals surface area contributed by atoms with Crippen molar-refractivity contribution in [2.75, 3.05) is 13.6 Å². The van der Waals surface area contributed by atoms with Crippen LogP contribution in [0.5, 0.6) is 0 Å². The van der Waals surface area contributed by atoms with Gasteiger partial charge in [0.15, 0.2) is 0 Å². The molecular formula is C10H18N2O3. The first-order chi connectivity index (χ1) is 7.08. The molecule has 1 saturated heterocycles. The molecule has 0 spiro atoms.